The molecule has 0 spiro atoms. The third kappa shape index (κ3) is 3.82. The zero-order chi connectivity index (χ0) is 22.1. The fourth-order valence-corrected chi connectivity index (χ4v) is 4.25. The van der Waals surface area contributed by atoms with E-state index in [1.807, 2.05) is 37.6 Å². The maximum atomic E-state index is 6.30. The van der Waals surface area contributed by atoms with Gasteiger partial charge in [0.15, 0.2) is 0 Å². The summed E-state index contributed by atoms with van der Waals surface area (Å²) in [5.41, 5.74) is 11.9. The number of hydrogen-bond acceptors (Lipinski definition) is 7. The Kier molecular flexibility index (Phi) is 5.31. The summed E-state index contributed by atoms with van der Waals surface area (Å²) in [6, 6.07) is 10.3. The largest absolute Gasteiger partial charge is 0.481 e. The topological polar surface area (TPSA) is 90.0 Å². The predicted octanol–water partition coefficient (Wildman–Crippen LogP) is 4.64. The molecule has 4 aromatic rings. The Morgan fingerprint density at radius 3 is 2.34 bits per heavy atom. The lowest BCUT2D eigenvalue weighted by atomic mass is 10.0. The summed E-state index contributed by atoms with van der Waals surface area (Å²) in [6.45, 7) is 4.02. The van der Waals surface area contributed by atoms with Crippen molar-refractivity contribution in [3.8, 4) is 28.1 Å². The summed E-state index contributed by atoms with van der Waals surface area (Å²) in [6.07, 6.45) is 9.18. The zero-order valence-electron chi connectivity index (χ0n) is 18.4. The van der Waals surface area contributed by atoms with Gasteiger partial charge in [-0.25, -0.2) is 19.9 Å². The van der Waals surface area contributed by atoms with Gasteiger partial charge >= 0.3 is 0 Å². The number of nitrogens with two attached hydrogens (primary N) is 1. The molecule has 5 rings (SSSR count). The molecule has 1 saturated heterocycles. The number of methoxy groups -OCH3 is 1. The van der Waals surface area contributed by atoms with Crippen molar-refractivity contribution in [3.05, 3.63) is 54.5 Å². The van der Waals surface area contributed by atoms with Gasteiger partial charge in [0.05, 0.1) is 12.6 Å². The molecule has 0 radical (unpaired) electrons. The smallest absolute Gasteiger partial charge is 0.225 e. The van der Waals surface area contributed by atoms with Crippen LogP contribution in [-0.4, -0.2) is 40.1 Å². The first-order valence-corrected chi connectivity index (χ1v) is 10.9. The molecule has 0 aliphatic carbocycles. The number of aromatic nitrogens is 4. The van der Waals surface area contributed by atoms with E-state index in [1.165, 1.54) is 19.3 Å². The molecular formula is C25H26N6O. The van der Waals surface area contributed by atoms with Gasteiger partial charge in [-0.15, -0.1) is 0 Å². The minimum Gasteiger partial charge on any atom is -0.481 e. The number of ether oxygens (including phenoxy) is 1. The second-order valence-electron chi connectivity index (χ2n) is 8.20. The summed E-state index contributed by atoms with van der Waals surface area (Å²) in [7, 11) is 1.63. The van der Waals surface area contributed by atoms with E-state index in [2.05, 4.69) is 43.0 Å². The SMILES string of the molecule is COc1ncc(-c2ccc3nc(N)c(-c4cnc(N5CCCCC5)nc4)cc3c2)cc1C. The van der Waals surface area contributed by atoms with Gasteiger partial charge in [-0.05, 0) is 56.0 Å². The second kappa shape index (κ2) is 8.42. The van der Waals surface area contributed by atoms with Crippen LogP contribution in [0.4, 0.5) is 11.8 Å². The van der Waals surface area contributed by atoms with Crippen LogP contribution >= 0.6 is 0 Å². The molecule has 0 unspecified atom stereocenters. The Labute approximate surface area is 187 Å². The van der Waals surface area contributed by atoms with Gasteiger partial charge in [0.25, 0.3) is 0 Å². The van der Waals surface area contributed by atoms with Gasteiger partial charge < -0.3 is 15.4 Å². The van der Waals surface area contributed by atoms with Crippen LogP contribution in [0, 0.1) is 6.92 Å². The Morgan fingerprint density at radius 1 is 0.875 bits per heavy atom. The summed E-state index contributed by atoms with van der Waals surface area (Å²) in [5.74, 6) is 1.89. The van der Waals surface area contributed by atoms with Crippen LogP contribution in [0.5, 0.6) is 5.88 Å². The average molecular weight is 427 g/mol. The van der Waals surface area contributed by atoms with Gasteiger partial charge in [0.1, 0.15) is 5.82 Å². The van der Waals surface area contributed by atoms with E-state index < -0.39 is 0 Å². The van der Waals surface area contributed by atoms with Crippen molar-refractivity contribution in [2.45, 2.75) is 26.2 Å². The summed E-state index contributed by atoms with van der Waals surface area (Å²) in [5, 5.41) is 1.00. The molecule has 7 nitrogen and oxygen atoms in total. The van der Waals surface area contributed by atoms with Gasteiger partial charge in [-0.3, -0.25) is 0 Å². The quantitative estimate of drug-likeness (QED) is 0.508. The van der Waals surface area contributed by atoms with Crippen molar-refractivity contribution in [2.24, 2.45) is 0 Å². The summed E-state index contributed by atoms with van der Waals surface area (Å²) >= 11 is 0. The van der Waals surface area contributed by atoms with Crippen LogP contribution in [0.1, 0.15) is 24.8 Å². The molecule has 162 valence electrons. The number of pyridine rings is 2. The maximum Gasteiger partial charge on any atom is 0.225 e. The molecule has 0 saturated carbocycles. The number of nitrogen functional groups attached to an aromatic ring is 1. The highest BCUT2D eigenvalue weighted by molar-refractivity contribution is 5.91. The van der Waals surface area contributed by atoms with Crippen molar-refractivity contribution in [1.29, 1.82) is 0 Å². The summed E-state index contributed by atoms with van der Waals surface area (Å²) in [4.78, 5) is 20.5. The minimum absolute atomic E-state index is 0.474. The minimum atomic E-state index is 0.474. The third-order valence-corrected chi connectivity index (χ3v) is 5.99. The fourth-order valence-electron chi connectivity index (χ4n) is 4.25. The van der Waals surface area contributed by atoms with Gasteiger partial charge in [0.2, 0.25) is 11.8 Å². The highest BCUT2D eigenvalue weighted by Gasteiger charge is 2.15. The predicted molar refractivity (Wildman–Crippen MR) is 128 cm³/mol. The highest BCUT2D eigenvalue weighted by atomic mass is 16.5. The molecule has 0 bridgehead atoms. The number of benzene rings is 1. The molecule has 2 N–H and O–H groups in total. The number of anilines is 2. The number of fused-ring (bicyclic) bond motifs is 1. The monoisotopic (exact) mass is 426 g/mol. The highest BCUT2D eigenvalue weighted by Crippen LogP contribution is 2.31. The molecule has 32 heavy (non-hydrogen) atoms. The zero-order valence-corrected chi connectivity index (χ0v) is 18.4. The number of hydrogen-bond donors (Lipinski definition) is 1. The lowest BCUT2D eigenvalue weighted by Crippen LogP contribution is -2.30. The van der Waals surface area contributed by atoms with E-state index in [9.17, 15) is 0 Å². The van der Waals surface area contributed by atoms with E-state index in [0.717, 1.165) is 57.8 Å². The summed E-state index contributed by atoms with van der Waals surface area (Å²) < 4.78 is 5.28. The number of piperidine rings is 1. The molecular weight excluding hydrogens is 400 g/mol. The van der Waals surface area contributed by atoms with Gasteiger partial charge in [-0.2, -0.15) is 0 Å². The average Bonchev–Trinajstić information content (AvgIpc) is 2.84. The molecule has 4 heterocycles. The third-order valence-electron chi connectivity index (χ3n) is 5.99. The Bertz CT molecular complexity index is 1270. The number of rotatable bonds is 4. The van der Waals surface area contributed by atoms with Crippen molar-refractivity contribution < 1.29 is 4.74 Å². The fraction of sp³-hybridized carbons (Fsp3) is 0.280. The second-order valence-corrected chi connectivity index (χ2v) is 8.20. The lowest BCUT2D eigenvalue weighted by molar-refractivity contribution is 0.394. The van der Waals surface area contributed by atoms with E-state index >= 15 is 0 Å². The Balaban J connectivity index is 1.50. The Hall–Kier alpha value is -3.74. The molecule has 1 aromatic carbocycles. The maximum absolute atomic E-state index is 6.30. The van der Waals surface area contributed by atoms with E-state index in [1.54, 1.807) is 7.11 Å². The van der Waals surface area contributed by atoms with Crippen molar-refractivity contribution in [1.82, 2.24) is 19.9 Å². The van der Waals surface area contributed by atoms with Crippen LogP contribution < -0.4 is 15.4 Å². The van der Waals surface area contributed by atoms with Crippen LogP contribution in [0.15, 0.2) is 48.9 Å². The van der Waals surface area contributed by atoms with E-state index in [-0.39, 0.29) is 0 Å². The molecule has 7 heteroatoms. The van der Waals surface area contributed by atoms with Crippen LogP contribution in [0.2, 0.25) is 0 Å². The molecule has 3 aromatic heterocycles. The standard InChI is InChI=1S/C25H26N6O/c1-16-10-19(13-27-24(16)32-2)17-6-7-22-18(11-17)12-21(23(26)30-22)20-14-28-25(29-15-20)31-8-4-3-5-9-31/h6-7,10-15H,3-5,8-9H2,1-2H3,(H2,26,30). The van der Waals surface area contributed by atoms with Gasteiger partial charge in [0, 0.05) is 59.3 Å². The normalized spacial score (nSPS) is 14.0. The van der Waals surface area contributed by atoms with Crippen molar-refractivity contribution in [3.63, 3.8) is 0 Å². The molecule has 0 atom stereocenters. The molecule has 1 fully saturated rings. The van der Waals surface area contributed by atoms with Crippen molar-refractivity contribution in [2.75, 3.05) is 30.8 Å². The first-order valence-electron chi connectivity index (χ1n) is 10.9. The number of aryl methyl sites for hydroxylation is 1. The number of nitrogens with zero attached hydrogens (tertiary/aromatic N) is 5. The first-order chi connectivity index (χ1) is 15.6. The van der Waals surface area contributed by atoms with E-state index in [4.69, 9.17) is 10.5 Å². The molecule has 1 aliphatic rings. The molecule has 0 amide bonds. The first kappa shape index (κ1) is 20.2. The Morgan fingerprint density at radius 2 is 1.62 bits per heavy atom. The van der Waals surface area contributed by atoms with Gasteiger partial charge in [-0.1, -0.05) is 6.07 Å². The van der Waals surface area contributed by atoms with Crippen LogP contribution in [0.3, 0.4) is 0 Å². The molecule has 1 aliphatic heterocycles. The van der Waals surface area contributed by atoms with Crippen LogP contribution in [-0.2, 0) is 0 Å². The van der Waals surface area contributed by atoms with Crippen molar-refractivity contribution >= 4 is 22.7 Å². The van der Waals surface area contributed by atoms with E-state index in [0.29, 0.717) is 11.7 Å². The van der Waals surface area contributed by atoms with Crippen LogP contribution in [0.25, 0.3) is 33.2 Å². The lowest BCUT2D eigenvalue weighted by Gasteiger charge is -2.26.